The van der Waals surface area contributed by atoms with Gasteiger partial charge >= 0.3 is 6.03 Å². The summed E-state index contributed by atoms with van der Waals surface area (Å²) in [6.07, 6.45) is 6.79. The highest BCUT2D eigenvalue weighted by molar-refractivity contribution is 7.90. The van der Waals surface area contributed by atoms with Crippen molar-refractivity contribution in [3.63, 3.8) is 0 Å². The van der Waals surface area contributed by atoms with E-state index in [0.29, 0.717) is 70.0 Å². The van der Waals surface area contributed by atoms with Gasteiger partial charge in [-0.15, -0.1) is 0 Å². The van der Waals surface area contributed by atoms with Crippen LogP contribution in [0, 0.1) is 27.3 Å². The predicted molar refractivity (Wildman–Crippen MR) is 262 cm³/mol. The highest BCUT2D eigenvalue weighted by atomic mass is 32.2. The monoisotopic (exact) mass is 994 g/mol. The number of hydrazine groups is 1. The number of carbonyl (C=O) groups is 2. The Balaban J connectivity index is 0.865. The summed E-state index contributed by atoms with van der Waals surface area (Å²) in [6, 6.07) is 15.9. The van der Waals surface area contributed by atoms with E-state index in [1.807, 2.05) is 6.07 Å². The Bertz CT molecular complexity index is 3000. The number of rotatable bonds is 11. The lowest BCUT2D eigenvalue weighted by molar-refractivity contribution is -0.384. The number of nitro groups is 1. The van der Waals surface area contributed by atoms with Gasteiger partial charge in [-0.05, 0) is 86.6 Å². The number of primary amides is 1. The number of nitrogens with two attached hydrogens (primary N) is 1. The maximum Gasteiger partial charge on any atom is 0.314 e. The van der Waals surface area contributed by atoms with Crippen LogP contribution in [0.2, 0.25) is 0 Å². The van der Waals surface area contributed by atoms with Gasteiger partial charge in [-0.1, -0.05) is 38.1 Å². The maximum absolute atomic E-state index is 14.7. The molecule has 10 rings (SSSR count). The van der Waals surface area contributed by atoms with Crippen molar-refractivity contribution < 1.29 is 41.9 Å². The number of ether oxygens (including phenoxy) is 2. The molecule has 2 atom stereocenters. The molecule has 1 saturated carbocycles. The number of aromatic nitrogens is 2. The number of fused-ring (bicyclic) bond motifs is 2. The molecule has 1 aliphatic carbocycles. The van der Waals surface area contributed by atoms with E-state index in [9.17, 15) is 37.6 Å². The van der Waals surface area contributed by atoms with Gasteiger partial charge < -0.3 is 40.4 Å². The van der Waals surface area contributed by atoms with Gasteiger partial charge in [-0.2, -0.15) is 0 Å². The van der Waals surface area contributed by atoms with Gasteiger partial charge in [0.2, 0.25) is 0 Å². The molecule has 6 heterocycles. The van der Waals surface area contributed by atoms with E-state index in [4.69, 9.17) is 15.2 Å². The van der Waals surface area contributed by atoms with Crippen LogP contribution in [0.5, 0.6) is 17.2 Å². The number of H-pyrrole nitrogens is 1. The molecule has 19 nitrogen and oxygen atoms in total. The number of piperazine rings is 1. The van der Waals surface area contributed by atoms with Crippen LogP contribution in [0.1, 0.15) is 92.7 Å². The number of pyridine rings is 1. The van der Waals surface area contributed by atoms with E-state index in [1.54, 1.807) is 24.0 Å². The van der Waals surface area contributed by atoms with Crippen LogP contribution in [0.15, 0.2) is 78.0 Å². The minimum atomic E-state index is -4.75. The third-order valence-corrected chi connectivity index (χ3v) is 16.6. The molecular weight excluding hydrogens is 936 g/mol. The quantitative estimate of drug-likeness (QED) is 0.0661. The zero-order chi connectivity index (χ0) is 50.0. The van der Waals surface area contributed by atoms with Crippen molar-refractivity contribution in [2.24, 2.45) is 17.1 Å². The van der Waals surface area contributed by atoms with Gasteiger partial charge in [-0.25, -0.2) is 37.3 Å². The van der Waals surface area contributed by atoms with Gasteiger partial charge in [0, 0.05) is 81.3 Å². The smallest absolute Gasteiger partial charge is 0.314 e. The number of anilines is 2. The van der Waals surface area contributed by atoms with Crippen LogP contribution in [-0.2, 0) is 10.0 Å². The molecule has 71 heavy (non-hydrogen) atoms. The van der Waals surface area contributed by atoms with Gasteiger partial charge in [0.05, 0.1) is 44.7 Å². The molecule has 2 aromatic heterocycles. The molecule has 21 heteroatoms. The summed E-state index contributed by atoms with van der Waals surface area (Å²) < 4.78 is 57.0. The largest absolute Gasteiger partial charge is 0.489 e. The summed E-state index contributed by atoms with van der Waals surface area (Å²) in [6.45, 7) is 11.0. The molecule has 3 aromatic carbocycles. The molecule has 5 aromatic rings. The lowest BCUT2D eigenvalue weighted by Crippen LogP contribution is -2.68. The zero-order valence-electron chi connectivity index (χ0n) is 39.9. The predicted octanol–water partition coefficient (Wildman–Crippen LogP) is 7.01. The highest BCUT2D eigenvalue weighted by Gasteiger charge is 2.49. The number of aliphatic hydroxyl groups is 1. The number of hydrogen-bond acceptors (Lipinski definition) is 14. The number of nitrogens with zero attached hydrogens (tertiary/aromatic N) is 6. The van der Waals surface area contributed by atoms with E-state index < -0.39 is 48.9 Å². The fraction of sp³-hybridized carbons (Fsp3) is 0.460. The van der Waals surface area contributed by atoms with Gasteiger partial charge in [0.15, 0.2) is 11.4 Å². The fourth-order valence-electron chi connectivity index (χ4n) is 11.2. The first-order valence-corrected chi connectivity index (χ1v) is 25.7. The SMILES string of the molecule is CC(C)c1ccccc1[C@@H]1CN(C(N)=O)CCN1N1CC2(CCN(c3ccc(C(=O)NS(=O)(=O)c4cc5c(c([N+](=O)[O-])c4)N[C@@H](C4CCC(C)(O)CC4)CO5)c(Oc4cnc5[nH]cc(F)c5c4)c3)CC2)C1. The Kier molecular flexibility index (Phi) is 12.6. The van der Waals surface area contributed by atoms with Gasteiger partial charge in [0.1, 0.15) is 29.6 Å². The molecule has 3 saturated heterocycles. The second-order valence-corrected chi connectivity index (χ2v) is 22.1. The Morgan fingerprint density at radius 3 is 2.51 bits per heavy atom. The third-order valence-electron chi connectivity index (χ3n) is 15.3. The molecule has 1 spiro atoms. The first-order chi connectivity index (χ1) is 33.9. The number of aromatic amines is 1. The van der Waals surface area contributed by atoms with Gasteiger partial charge in [-0.3, -0.25) is 14.9 Å². The van der Waals surface area contributed by atoms with Crippen LogP contribution < -0.4 is 30.1 Å². The number of hydrogen-bond donors (Lipinski definition) is 5. The van der Waals surface area contributed by atoms with E-state index in [0.717, 1.165) is 44.3 Å². The van der Waals surface area contributed by atoms with E-state index >= 15 is 0 Å². The molecule has 4 fully saturated rings. The minimum Gasteiger partial charge on any atom is -0.489 e. The number of halogens is 1. The van der Waals surface area contributed by atoms with Crippen molar-refractivity contribution in [1.82, 2.24) is 29.6 Å². The molecule has 4 aliphatic heterocycles. The maximum atomic E-state index is 14.7. The van der Waals surface area contributed by atoms with Crippen molar-refractivity contribution in [3.8, 4) is 17.2 Å². The fourth-order valence-corrected chi connectivity index (χ4v) is 12.2. The second kappa shape index (κ2) is 18.6. The number of piperidine rings is 1. The van der Waals surface area contributed by atoms with Crippen LogP contribution in [0.3, 0.4) is 0 Å². The summed E-state index contributed by atoms with van der Waals surface area (Å²) in [4.78, 5) is 48.6. The van der Waals surface area contributed by atoms with Crippen molar-refractivity contribution in [3.05, 3.63) is 106 Å². The summed E-state index contributed by atoms with van der Waals surface area (Å²) >= 11 is 0. The molecule has 6 N–H and O–H groups in total. The van der Waals surface area contributed by atoms with Crippen LogP contribution in [-0.4, -0.2) is 119 Å². The summed E-state index contributed by atoms with van der Waals surface area (Å²) in [5.41, 5.74) is 7.86. The molecular formula is C50H59FN10O9S. The van der Waals surface area contributed by atoms with Crippen molar-refractivity contribution in [1.29, 1.82) is 0 Å². The second-order valence-electron chi connectivity index (χ2n) is 20.4. The Hall–Kier alpha value is -6.55. The number of amides is 3. The Labute approximate surface area is 410 Å². The molecule has 3 amide bonds. The average Bonchev–Trinajstić information content (AvgIpc) is 3.71. The summed E-state index contributed by atoms with van der Waals surface area (Å²) in [7, 11) is -4.75. The summed E-state index contributed by atoms with van der Waals surface area (Å²) in [5.74, 6) is -1.23. The van der Waals surface area contributed by atoms with Crippen LogP contribution in [0.25, 0.3) is 11.0 Å². The van der Waals surface area contributed by atoms with E-state index in [-0.39, 0.29) is 69.6 Å². The Morgan fingerprint density at radius 2 is 1.79 bits per heavy atom. The molecule has 0 bridgehead atoms. The van der Waals surface area contributed by atoms with E-state index in [2.05, 4.69) is 67.0 Å². The third kappa shape index (κ3) is 9.54. The first kappa shape index (κ1) is 48.1. The van der Waals surface area contributed by atoms with Crippen molar-refractivity contribution in [2.75, 3.05) is 62.6 Å². The zero-order valence-corrected chi connectivity index (χ0v) is 40.7. The topological polar surface area (TPSA) is 242 Å². The standard InChI is InChI=1S/C50H59FN10O9S/c1-30(2)35-6-4-5-7-36(35)42-26-58(48(52)63)18-19-60(42)59-28-50(29-59)14-16-57(17-15-50)32-8-9-37(43(20-32)70-33-21-38-39(51)25-54-46(38)53-24-33)47(62)56-71(67,68)34-22-41(61(65)66)45-44(23-34)69-27-40(55-45)31-10-12-49(3,64)13-11-31/h4-9,20-25,30-31,40,42,55,64H,10-19,26-29H2,1-3H3,(H2,52,63)(H,53,54)(H,56,62)/t31?,40-,42+,49?/m1/s1. The molecule has 5 aliphatic rings. The van der Waals surface area contributed by atoms with E-state index in [1.165, 1.54) is 29.5 Å². The number of nitro benzene ring substituents is 1. The van der Waals surface area contributed by atoms with Crippen molar-refractivity contribution in [2.45, 2.75) is 87.8 Å². The average molecular weight is 995 g/mol. The number of benzene rings is 3. The minimum absolute atomic E-state index is 0.0237. The lowest BCUT2D eigenvalue weighted by atomic mass is 9.72. The lowest BCUT2D eigenvalue weighted by Gasteiger charge is -2.60. The molecule has 0 unspecified atom stereocenters. The number of nitrogens with one attached hydrogen (secondary N) is 3. The first-order valence-electron chi connectivity index (χ1n) is 24.2. The Morgan fingerprint density at radius 1 is 1.04 bits per heavy atom. The van der Waals surface area contributed by atoms with Crippen molar-refractivity contribution >= 4 is 50.1 Å². The van der Waals surface area contributed by atoms with Crippen LogP contribution >= 0.6 is 0 Å². The normalized spacial score (nSPS) is 23.7. The van der Waals surface area contributed by atoms with Crippen LogP contribution in [0.4, 0.5) is 26.2 Å². The number of sulfonamides is 1. The molecule has 376 valence electrons. The summed E-state index contributed by atoms with van der Waals surface area (Å²) in [5, 5.41) is 31.0. The number of carbonyl (C=O) groups excluding carboxylic acids is 2. The van der Waals surface area contributed by atoms with Gasteiger partial charge in [0.25, 0.3) is 21.6 Å². The number of urea groups is 1. The molecule has 0 radical (unpaired) electrons. The highest BCUT2D eigenvalue weighted by Crippen LogP contribution is 2.47.